The molecule has 1 aromatic heterocycles. The van der Waals surface area contributed by atoms with E-state index in [2.05, 4.69) is 34.3 Å². The van der Waals surface area contributed by atoms with Crippen molar-refractivity contribution in [1.82, 2.24) is 10.2 Å². The van der Waals surface area contributed by atoms with Crippen molar-refractivity contribution in [3.05, 3.63) is 21.9 Å². The molecule has 0 aromatic carbocycles. The summed E-state index contributed by atoms with van der Waals surface area (Å²) in [5.41, 5.74) is 0. The summed E-state index contributed by atoms with van der Waals surface area (Å²) in [4.78, 5) is 9.64. The largest absolute Gasteiger partial charge is 0.376 e. The number of rotatable bonds is 6. The van der Waals surface area contributed by atoms with Gasteiger partial charge in [0.1, 0.15) is 0 Å². The van der Waals surface area contributed by atoms with Crippen molar-refractivity contribution in [1.29, 1.82) is 0 Å². The number of hydrogen-bond acceptors (Lipinski definition) is 4. The van der Waals surface area contributed by atoms with Crippen molar-refractivity contribution in [3.63, 3.8) is 0 Å². The van der Waals surface area contributed by atoms with Gasteiger partial charge >= 0.3 is 0 Å². The Bertz CT molecular complexity index is 561. The molecule has 146 valence electrons. The standard InChI is InChI=1S/C20H33N3O2S/c1-3-18-7-8-19(26-18)14-22-20(21-2)23-11-9-16(10-12-23)25-15-17-6-4-5-13-24-17/h7-8,16-17H,3-6,9-15H2,1-2H3,(H,21,22). The zero-order chi connectivity index (χ0) is 18.2. The lowest BCUT2D eigenvalue weighted by Gasteiger charge is -2.35. The highest BCUT2D eigenvalue weighted by atomic mass is 32.1. The fraction of sp³-hybridized carbons (Fsp3) is 0.750. The van der Waals surface area contributed by atoms with Gasteiger partial charge in [-0.1, -0.05) is 6.92 Å². The number of nitrogens with one attached hydrogen (secondary N) is 1. The van der Waals surface area contributed by atoms with Crippen LogP contribution in [0.5, 0.6) is 0 Å². The van der Waals surface area contributed by atoms with Crippen molar-refractivity contribution >= 4 is 17.3 Å². The highest BCUT2D eigenvalue weighted by molar-refractivity contribution is 7.11. The minimum Gasteiger partial charge on any atom is -0.376 e. The summed E-state index contributed by atoms with van der Waals surface area (Å²) in [6, 6.07) is 4.44. The highest BCUT2D eigenvalue weighted by Crippen LogP contribution is 2.19. The third-order valence-electron chi connectivity index (χ3n) is 5.23. The van der Waals surface area contributed by atoms with Gasteiger partial charge in [0.05, 0.1) is 25.4 Å². The lowest BCUT2D eigenvalue weighted by molar-refractivity contribution is -0.0721. The van der Waals surface area contributed by atoms with Crippen LogP contribution >= 0.6 is 11.3 Å². The van der Waals surface area contributed by atoms with Crippen LogP contribution in [-0.2, 0) is 22.4 Å². The molecule has 3 rings (SSSR count). The third kappa shape index (κ3) is 5.69. The van der Waals surface area contributed by atoms with E-state index in [-0.39, 0.29) is 0 Å². The van der Waals surface area contributed by atoms with Crippen LogP contribution in [0.1, 0.15) is 48.8 Å². The summed E-state index contributed by atoms with van der Waals surface area (Å²) in [7, 11) is 1.87. The molecule has 0 saturated carbocycles. The first-order chi connectivity index (χ1) is 12.8. The molecule has 0 radical (unpaired) electrons. The second kappa shape index (κ2) is 10.3. The second-order valence-corrected chi connectivity index (χ2v) is 8.38. The summed E-state index contributed by atoms with van der Waals surface area (Å²) >= 11 is 1.88. The van der Waals surface area contributed by atoms with Gasteiger partial charge in [-0.15, -0.1) is 11.3 Å². The predicted octanol–water partition coefficient (Wildman–Crippen LogP) is 3.44. The maximum absolute atomic E-state index is 6.12. The van der Waals surface area contributed by atoms with Crippen molar-refractivity contribution < 1.29 is 9.47 Å². The van der Waals surface area contributed by atoms with Gasteiger partial charge in [-0.25, -0.2) is 0 Å². The molecule has 2 aliphatic rings. The van der Waals surface area contributed by atoms with Gasteiger partial charge in [-0.3, -0.25) is 4.99 Å². The summed E-state index contributed by atoms with van der Waals surface area (Å²) in [5.74, 6) is 1.01. The van der Waals surface area contributed by atoms with Gasteiger partial charge in [0.15, 0.2) is 5.96 Å². The molecule has 0 aliphatic carbocycles. The SMILES string of the molecule is CCc1ccc(CNC(=NC)N2CCC(OCC3CCCCO3)CC2)s1. The molecule has 0 amide bonds. The molecule has 2 fully saturated rings. The number of thiophene rings is 1. The molecule has 2 aliphatic heterocycles. The Labute approximate surface area is 161 Å². The van der Waals surface area contributed by atoms with Crippen molar-refractivity contribution in [2.45, 2.75) is 64.2 Å². The molecule has 0 spiro atoms. The van der Waals surface area contributed by atoms with Crippen LogP contribution < -0.4 is 5.32 Å². The molecule has 6 heteroatoms. The van der Waals surface area contributed by atoms with E-state index < -0.39 is 0 Å². The monoisotopic (exact) mass is 379 g/mol. The number of nitrogens with zero attached hydrogens (tertiary/aromatic N) is 2. The van der Waals surface area contributed by atoms with E-state index in [1.54, 1.807) is 0 Å². The van der Waals surface area contributed by atoms with E-state index in [1.165, 1.54) is 22.6 Å². The average Bonchev–Trinajstić information content (AvgIpc) is 3.17. The van der Waals surface area contributed by atoms with E-state index in [9.17, 15) is 0 Å². The summed E-state index contributed by atoms with van der Waals surface area (Å²) in [6.07, 6.45) is 7.54. The molecule has 2 saturated heterocycles. The molecule has 1 unspecified atom stereocenters. The quantitative estimate of drug-likeness (QED) is 0.608. The third-order valence-corrected chi connectivity index (χ3v) is 6.46. The first-order valence-electron chi connectivity index (χ1n) is 10.0. The van der Waals surface area contributed by atoms with E-state index >= 15 is 0 Å². The van der Waals surface area contributed by atoms with Crippen LogP contribution in [0.4, 0.5) is 0 Å². The number of hydrogen-bond donors (Lipinski definition) is 1. The molecule has 3 heterocycles. The Kier molecular flexibility index (Phi) is 7.77. The van der Waals surface area contributed by atoms with Crippen LogP contribution in [0, 0.1) is 0 Å². The lowest BCUT2D eigenvalue weighted by Crippen LogP contribution is -2.47. The minimum absolute atomic E-state index is 0.315. The number of ether oxygens (including phenoxy) is 2. The first-order valence-corrected chi connectivity index (χ1v) is 10.9. The van der Waals surface area contributed by atoms with Crippen LogP contribution in [0.15, 0.2) is 17.1 Å². The average molecular weight is 380 g/mol. The molecular weight excluding hydrogens is 346 g/mol. The van der Waals surface area contributed by atoms with E-state index in [4.69, 9.17) is 9.47 Å². The summed E-state index contributed by atoms with van der Waals surface area (Å²) in [5, 5.41) is 3.52. The van der Waals surface area contributed by atoms with Gasteiger partial charge in [0.2, 0.25) is 0 Å². The van der Waals surface area contributed by atoms with Gasteiger partial charge in [-0.05, 0) is 50.7 Å². The van der Waals surface area contributed by atoms with Gasteiger partial charge in [0, 0.05) is 36.5 Å². The predicted molar refractivity (Wildman–Crippen MR) is 108 cm³/mol. The molecular formula is C20H33N3O2S. The van der Waals surface area contributed by atoms with Crippen LogP contribution in [0.3, 0.4) is 0 Å². The molecule has 5 nitrogen and oxygen atoms in total. The number of likely N-dealkylation sites (tertiary alicyclic amines) is 1. The van der Waals surface area contributed by atoms with Crippen molar-refractivity contribution in [2.24, 2.45) is 4.99 Å². The molecule has 1 aromatic rings. The van der Waals surface area contributed by atoms with Gasteiger partial charge < -0.3 is 19.7 Å². The summed E-state index contributed by atoms with van der Waals surface area (Å²) in [6.45, 7) is 6.72. The van der Waals surface area contributed by atoms with Gasteiger partial charge in [0.25, 0.3) is 0 Å². The second-order valence-electron chi connectivity index (χ2n) is 7.13. The molecule has 26 heavy (non-hydrogen) atoms. The van der Waals surface area contributed by atoms with Crippen molar-refractivity contribution in [3.8, 4) is 0 Å². The Morgan fingerprint density at radius 2 is 2.08 bits per heavy atom. The van der Waals surface area contributed by atoms with Crippen LogP contribution in [-0.4, -0.2) is 56.4 Å². The molecule has 0 bridgehead atoms. The van der Waals surface area contributed by atoms with E-state index in [0.717, 1.165) is 64.5 Å². The Morgan fingerprint density at radius 1 is 1.27 bits per heavy atom. The zero-order valence-electron chi connectivity index (χ0n) is 16.2. The normalized spacial score (nSPS) is 22.6. The molecule has 1 atom stereocenters. The smallest absolute Gasteiger partial charge is 0.193 e. The zero-order valence-corrected chi connectivity index (χ0v) is 17.0. The molecule has 1 N–H and O–H groups in total. The fourth-order valence-corrected chi connectivity index (χ4v) is 4.52. The minimum atomic E-state index is 0.315. The Hall–Kier alpha value is -1.11. The Morgan fingerprint density at radius 3 is 2.73 bits per heavy atom. The Balaban J connectivity index is 1.38. The maximum Gasteiger partial charge on any atom is 0.193 e. The number of aryl methyl sites for hydroxylation is 1. The number of aliphatic imine (C=N–C) groups is 1. The van der Waals surface area contributed by atoms with Crippen molar-refractivity contribution in [2.75, 3.05) is 33.4 Å². The van der Waals surface area contributed by atoms with Crippen LogP contribution in [0.25, 0.3) is 0 Å². The maximum atomic E-state index is 6.12. The van der Waals surface area contributed by atoms with E-state index in [1.807, 2.05) is 18.4 Å². The highest BCUT2D eigenvalue weighted by Gasteiger charge is 2.23. The fourth-order valence-electron chi connectivity index (χ4n) is 3.62. The van der Waals surface area contributed by atoms with Crippen LogP contribution in [0.2, 0.25) is 0 Å². The summed E-state index contributed by atoms with van der Waals surface area (Å²) < 4.78 is 11.9. The van der Waals surface area contributed by atoms with Gasteiger partial charge in [-0.2, -0.15) is 0 Å². The first kappa shape index (κ1) is 19.6. The number of piperidine rings is 1. The number of guanidine groups is 1. The topological polar surface area (TPSA) is 46.1 Å². The lowest BCUT2D eigenvalue weighted by atomic mass is 10.1. The van der Waals surface area contributed by atoms with E-state index in [0.29, 0.717) is 12.2 Å².